The minimum atomic E-state index is -0.491. The molecule has 1 aliphatic rings. The Morgan fingerprint density at radius 3 is 2.54 bits per heavy atom. The van der Waals surface area contributed by atoms with Crippen LogP contribution in [0, 0.1) is 0 Å². The predicted molar refractivity (Wildman–Crippen MR) is 110 cm³/mol. The van der Waals surface area contributed by atoms with Crippen molar-refractivity contribution in [2.45, 2.75) is 12.6 Å². The highest BCUT2D eigenvalue weighted by Crippen LogP contribution is 2.24. The SMILES string of the molecule is O=C(Nc1cnn(Cc2ccccc2)c1)[C@@H]1CSCN1C(=O)c1ccccc1. The van der Waals surface area contributed by atoms with Crippen LogP contribution in [0.3, 0.4) is 0 Å². The normalized spacial score (nSPS) is 16.1. The van der Waals surface area contributed by atoms with E-state index in [-0.39, 0.29) is 11.8 Å². The van der Waals surface area contributed by atoms with Gasteiger partial charge in [0.2, 0.25) is 5.91 Å². The molecule has 0 bridgehead atoms. The Morgan fingerprint density at radius 2 is 1.79 bits per heavy atom. The van der Waals surface area contributed by atoms with E-state index in [4.69, 9.17) is 0 Å². The zero-order valence-electron chi connectivity index (χ0n) is 15.2. The molecule has 1 atom stereocenters. The Bertz CT molecular complexity index is 959. The highest BCUT2D eigenvalue weighted by atomic mass is 32.2. The molecule has 0 unspecified atom stereocenters. The summed E-state index contributed by atoms with van der Waals surface area (Å²) in [6, 6.07) is 18.6. The number of nitrogens with zero attached hydrogens (tertiary/aromatic N) is 3. The van der Waals surface area contributed by atoms with Crippen LogP contribution in [0.4, 0.5) is 5.69 Å². The molecule has 7 heteroatoms. The van der Waals surface area contributed by atoms with Crippen LogP contribution in [0.15, 0.2) is 73.1 Å². The number of benzene rings is 2. The third-order valence-corrected chi connectivity index (χ3v) is 5.57. The van der Waals surface area contributed by atoms with Crippen molar-refractivity contribution in [2.24, 2.45) is 0 Å². The largest absolute Gasteiger partial charge is 0.322 e. The summed E-state index contributed by atoms with van der Waals surface area (Å²) in [4.78, 5) is 27.1. The monoisotopic (exact) mass is 392 g/mol. The van der Waals surface area contributed by atoms with E-state index in [9.17, 15) is 9.59 Å². The molecule has 0 saturated carbocycles. The van der Waals surface area contributed by atoms with Crippen molar-refractivity contribution in [3.8, 4) is 0 Å². The van der Waals surface area contributed by atoms with E-state index in [0.717, 1.165) is 5.56 Å². The minimum absolute atomic E-state index is 0.120. The topological polar surface area (TPSA) is 67.2 Å². The minimum Gasteiger partial charge on any atom is -0.322 e. The standard InChI is InChI=1S/C21H20N4O2S/c26-20(19-14-28-15-25(19)21(27)17-9-5-2-6-10-17)23-18-11-22-24(13-18)12-16-7-3-1-4-8-16/h1-11,13,19H,12,14-15H2,(H,23,26)/t19-/m0/s1. The van der Waals surface area contributed by atoms with Crippen LogP contribution in [-0.2, 0) is 11.3 Å². The van der Waals surface area contributed by atoms with Crippen molar-refractivity contribution in [2.75, 3.05) is 16.9 Å². The summed E-state index contributed by atoms with van der Waals surface area (Å²) in [5.74, 6) is 0.792. The first-order valence-electron chi connectivity index (χ1n) is 9.02. The first-order chi connectivity index (χ1) is 13.7. The Kier molecular flexibility index (Phi) is 5.43. The molecule has 3 aromatic rings. The van der Waals surface area contributed by atoms with Crippen molar-refractivity contribution in [3.05, 3.63) is 84.2 Å². The van der Waals surface area contributed by atoms with Gasteiger partial charge >= 0.3 is 0 Å². The number of carbonyl (C=O) groups is 2. The van der Waals surface area contributed by atoms with E-state index in [1.807, 2.05) is 48.5 Å². The average molecular weight is 392 g/mol. The lowest BCUT2D eigenvalue weighted by Gasteiger charge is -2.22. The maximum Gasteiger partial charge on any atom is 0.255 e. The molecule has 0 radical (unpaired) electrons. The van der Waals surface area contributed by atoms with Gasteiger partial charge in [0.1, 0.15) is 6.04 Å². The van der Waals surface area contributed by atoms with Crippen LogP contribution < -0.4 is 5.32 Å². The maximum absolute atomic E-state index is 12.8. The lowest BCUT2D eigenvalue weighted by atomic mass is 10.1. The van der Waals surface area contributed by atoms with E-state index < -0.39 is 6.04 Å². The number of anilines is 1. The Balaban J connectivity index is 1.41. The van der Waals surface area contributed by atoms with E-state index in [0.29, 0.717) is 29.4 Å². The fourth-order valence-corrected chi connectivity index (χ4v) is 4.27. The number of hydrogen-bond donors (Lipinski definition) is 1. The summed E-state index contributed by atoms with van der Waals surface area (Å²) in [5.41, 5.74) is 2.36. The van der Waals surface area contributed by atoms with Gasteiger partial charge in [-0.05, 0) is 17.7 Å². The molecule has 1 aromatic heterocycles. The summed E-state index contributed by atoms with van der Waals surface area (Å²) in [6.45, 7) is 0.634. The van der Waals surface area contributed by atoms with Gasteiger partial charge in [-0.3, -0.25) is 14.3 Å². The van der Waals surface area contributed by atoms with E-state index >= 15 is 0 Å². The maximum atomic E-state index is 12.8. The molecule has 6 nitrogen and oxygen atoms in total. The van der Waals surface area contributed by atoms with Gasteiger partial charge in [0.15, 0.2) is 0 Å². The molecule has 1 N–H and O–H groups in total. The zero-order valence-corrected chi connectivity index (χ0v) is 16.0. The van der Waals surface area contributed by atoms with Gasteiger partial charge in [0, 0.05) is 17.5 Å². The predicted octanol–water partition coefficient (Wildman–Crippen LogP) is 3.09. The molecule has 0 spiro atoms. The van der Waals surface area contributed by atoms with E-state index in [1.165, 1.54) is 0 Å². The fraction of sp³-hybridized carbons (Fsp3) is 0.190. The van der Waals surface area contributed by atoms with Gasteiger partial charge in [-0.25, -0.2) is 0 Å². The molecule has 1 fully saturated rings. The number of thioether (sulfide) groups is 1. The second kappa shape index (κ2) is 8.31. The molecule has 1 saturated heterocycles. The second-order valence-electron chi connectivity index (χ2n) is 6.56. The van der Waals surface area contributed by atoms with Gasteiger partial charge in [-0.1, -0.05) is 48.5 Å². The van der Waals surface area contributed by atoms with Crippen LogP contribution in [-0.4, -0.2) is 44.2 Å². The van der Waals surface area contributed by atoms with E-state index in [2.05, 4.69) is 10.4 Å². The lowest BCUT2D eigenvalue weighted by molar-refractivity contribution is -0.119. The van der Waals surface area contributed by atoms with Crippen LogP contribution in [0.2, 0.25) is 0 Å². The Hall–Kier alpha value is -3.06. The molecule has 28 heavy (non-hydrogen) atoms. The second-order valence-corrected chi connectivity index (χ2v) is 7.56. The quantitative estimate of drug-likeness (QED) is 0.725. The number of carbonyl (C=O) groups excluding carboxylic acids is 2. The number of hydrogen-bond acceptors (Lipinski definition) is 4. The summed E-state index contributed by atoms with van der Waals surface area (Å²) in [5, 5.41) is 7.21. The van der Waals surface area contributed by atoms with Crippen LogP contribution in [0.5, 0.6) is 0 Å². The number of nitrogens with one attached hydrogen (secondary N) is 1. The van der Waals surface area contributed by atoms with Gasteiger partial charge in [0.25, 0.3) is 5.91 Å². The van der Waals surface area contributed by atoms with Gasteiger partial charge in [0.05, 0.1) is 24.3 Å². The first kappa shape index (κ1) is 18.3. The molecular formula is C21H20N4O2S. The third-order valence-electron chi connectivity index (χ3n) is 4.55. The summed E-state index contributed by atoms with van der Waals surface area (Å²) in [7, 11) is 0. The van der Waals surface area contributed by atoms with Gasteiger partial charge < -0.3 is 10.2 Å². The van der Waals surface area contributed by atoms with Crippen LogP contribution in [0.25, 0.3) is 0 Å². The molecule has 142 valence electrons. The van der Waals surface area contributed by atoms with Crippen molar-refractivity contribution in [3.63, 3.8) is 0 Å². The third kappa shape index (κ3) is 4.09. The van der Waals surface area contributed by atoms with Crippen molar-refractivity contribution >= 4 is 29.3 Å². The Morgan fingerprint density at radius 1 is 1.07 bits per heavy atom. The smallest absolute Gasteiger partial charge is 0.255 e. The molecule has 4 rings (SSSR count). The summed E-state index contributed by atoms with van der Waals surface area (Å²) in [6.07, 6.45) is 3.43. The number of rotatable bonds is 5. The molecular weight excluding hydrogens is 372 g/mol. The van der Waals surface area contributed by atoms with Gasteiger partial charge in [-0.15, -0.1) is 11.8 Å². The fourth-order valence-electron chi connectivity index (χ4n) is 3.12. The average Bonchev–Trinajstić information content (AvgIpc) is 3.38. The first-order valence-corrected chi connectivity index (χ1v) is 10.2. The van der Waals surface area contributed by atoms with Crippen LogP contribution in [0.1, 0.15) is 15.9 Å². The van der Waals surface area contributed by atoms with Gasteiger partial charge in [-0.2, -0.15) is 5.10 Å². The van der Waals surface area contributed by atoms with E-state index in [1.54, 1.807) is 45.9 Å². The highest BCUT2D eigenvalue weighted by Gasteiger charge is 2.35. The summed E-state index contributed by atoms with van der Waals surface area (Å²) >= 11 is 1.58. The molecule has 2 heterocycles. The molecule has 1 aliphatic heterocycles. The highest BCUT2D eigenvalue weighted by molar-refractivity contribution is 7.99. The number of amides is 2. The van der Waals surface area contributed by atoms with Crippen molar-refractivity contribution in [1.29, 1.82) is 0 Å². The van der Waals surface area contributed by atoms with Crippen LogP contribution >= 0.6 is 11.8 Å². The Labute approximate surface area is 167 Å². The molecule has 0 aliphatic carbocycles. The van der Waals surface area contributed by atoms with Crippen molar-refractivity contribution < 1.29 is 9.59 Å². The summed E-state index contributed by atoms with van der Waals surface area (Å²) < 4.78 is 1.78. The zero-order chi connectivity index (χ0) is 19.3. The molecule has 2 aromatic carbocycles. The van der Waals surface area contributed by atoms with Crippen molar-refractivity contribution in [1.82, 2.24) is 14.7 Å². The number of aromatic nitrogens is 2. The lowest BCUT2D eigenvalue weighted by Crippen LogP contribution is -2.44. The molecule has 2 amide bonds.